The van der Waals surface area contributed by atoms with Gasteiger partial charge in [-0.25, -0.2) is 0 Å². The predicted octanol–water partition coefficient (Wildman–Crippen LogP) is 3.58. The lowest BCUT2D eigenvalue weighted by molar-refractivity contribution is 0.102. The summed E-state index contributed by atoms with van der Waals surface area (Å²) in [6, 6.07) is 11.2. The largest absolute Gasteiger partial charge is 0.322 e. The summed E-state index contributed by atoms with van der Waals surface area (Å²) in [5.41, 5.74) is 3.15. The molecule has 3 aromatic rings. The van der Waals surface area contributed by atoms with Crippen LogP contribution in [0.2, 0.25) is 5.02 Å². The molecule has 6 heteroatoms. The molecule has 118 valence electrons. The van der Waals surface area contributed by atoms with Gasteiger partial charge in [-0.1, -0.05) is 30.7 Å². The molecule has 2 aromatic carbocycles. The summed E-state index contributed by atoms with van der Waals surface area (Å²) in [6.07, 6.45) is 1.63. The molecule has 0 radical (unpaired) electrons. The van der Waals surface area contributed by atoms with Crippen molar-refractivity contribution < 1.29 is 4.79 Å². The van der Waals surface area contributed by atoms with Crippen LogP contribution in [0.25, 0.3) is 10.9 Å². The van der Waals surface area contributed by atoms with E-state index >= 15 is 0 Å². The number of carbonyl (C=O) groups excluding carboxylic acids is 1. The zero-order chi connectivity index (χ0) is 16.2. The van der Waals surface area contributed by atoms with E-state index in [-0.39, 0.29) is 5.91 Å². The molecule has 0 atom stereocenters. The molecule has 1 heterocycles. The Kier molecular flexibility index (Phi) is 4.60. The van der Waals surface area contributed by atoms with Crippen LogP contribution in [0, 0.1) is 0 Å². The topological polar surface area (TPSA) is 69.8 Å². The number of fused-ring (bicyclic) bond motifs is 1. The van der Waals surface area contributed by atoms with E-state index in [1.807, 2.05) is 24.3 Å². The molecule has 23 heavy (non-hydrogen) atoms. The van der Waals surface area contributed by atoms with Gasteiger partial charge < -0.3 is 10.6 Å². The van der Waals surface area contributed by atoms with E-state index in [0.717, 1.165) is 29.7 Å². The third-order valence-corrected chi connectivity index (χ3v) is 3.78. The number of hydrogen-bond donors (Lipinski definition) is 3. The van der Waals surface area contributed by atoms with Crippen LogP contribution >= 0.6 is 11.6 Å². The fourth-order valence-electron chi connectivity index (χ4n) is 2.38. The molecule has 0 spiro atoms. The summed E-state index contributed by atoms with van der Waals surface area (Å²) in [4.78, 5) is 12.5. The highest BCUT2D eigenvalue weighted by molar-refractivity contribution is 6.32. The molecule has 0 aliphatic rings. The molecule has 1 amide bonds. The van der Waals surface area contributed by atoms with Crippen molar-refractivity contribution in [3.05, 3.63) is 58.7 Å². The Hall–Kier alpha value is -2.37. The third-order valence-electron chi connectivity index (χ3n) is 3.56. The van der Waals surface area contributed by atoms with Gasteiger partial charge in [0.25, 0.3) is 5.91 Å². The lowest BCUT2D eigenvalue weighted by Gasteiger charge is -2.08. The summed E-state index contributed by atoms with van der Waals surface area (Å²) >= 11 is 6.06. The van der Waals surface area contributed by atoms with Gasteiger partial charge in [0.15, 0.2) is 0 Å². The van der Waals surface area contributed by atoms with Crippen molar-refractivity contribution in [2.45, 2.75) is 13.5 Å². The number of hydrogen-bond acceptors (Lipinski definition) is 3. The summed E-state index contributed by atoms with van der Waals surface area (Å²) in [5.74, 6) is -0.210. The van der Waals surface area contributed by atoms with Gasteiger partial charge in [0.1, 0.15) is 0 Å². The number of nitrogens with one attached hydrogen (secondary N) is 3. The number of carbonyl (C=O) groups is 1. The smallest absolute Gasteiger partial charge is 0.256 e. The molecule has 0 unspecified atom stereocenters. The predicted molar refractivity (Wildman–Crippen MR) is 92.9 cm³/mol. The van der Waals surface area contributed by atoms with Crippen LogP contribution in [0.4, 0.5) is 5.69 Å². The molecule has 0 aliphatic carbocycles. The first-order chi connectivity index (χ1) is 11.2. The minimum atomic E-state index is -0.210. The Labute approximate surface area is 139 Å². The van der Waals surface area contributed by atoms with Crippen LogP contribution in [0.5, 0.6) is 0 Å². The second-order valence-electron chi connectivity index (χ2n) is 5.22. The van der Waals surface area contributed by atoms with Crippen LogP contribution in [-0.4, -0.2) is 22.6 Å². The number of anilines is 1. The first kappa shape index (κ1) is 15.5. The molecule has 3 rings (SSSR count). The van der Waals surface area contributed by atoms with Gasteiger partial charge in [-0.2, -0.15) is 5.10 Å². The van der Waals surface area contributed by atoms with Crippen LogP contribution in [0.3, 0.4) is 0 Å². The third kappa shape index (κ3) is 3.52. The quantitative estimate of drug-likeness (QED) is 0.670. The minimum absolute atomic E-state index is 0.210. The van der Waals surface area contributed by atoms with Crippen LogP contribution in [0.1, 0.15) is 22.8 Å². The molecule has 0 bridgehead atoms. The summed E-state index contributed by atoms with van der Waals surface area (Å²) in [5, 5.41) is 14.2. The first-order valence-electron chi connectivity index (χ1n) is 7.41. The lowest BCUT2D eigenvalue weighted by Crippen LogP contribution is -2.13. The van der Waals surface area contributed by atoms with Crippen molar-refractivity contribution >= 4 is 34.1 Å². The van der Waals surface area contributed by atoms with E-state index < -0.39 is 0 Å². The second kappa shape index (κ2) is 6.81. The maximum Gasteiger partial charge on any atom is 0.256 e. The normalized spacial score (nSPS) is 10.9. The summed E-state index contributed by atoms with van der Waals surface area (Å²) < 4.78 is 0. The van der Waals surface area contributed by atoms with Crippen molar-refractivity contribution in [1.82, 2.24) is 15.5 Å². The van der Waals surface area contributed by atoms with Gasteiger partial charge in [-0.15, -0.1) is 0 Å². The molecule has 3 N–H and O–H groups in total. The van der Waals surface area contributed by atoms with Gasteiger partial charge >= 0.3 is 0 Å². The molecule has 0 saturated heterocycles. The van der Waals surface area contributed by atoms with E-state index in [1.54, 1.807) is 18.3 Å². The van der Waals surface area contributed by atoms with E-state index in [9.17, 15) is 4.79 Å². The maximum atomic E-state index is 12.5. The van der Waals surface area contributed by atoms with Crippen LogP contribution < -0.4 is 10.6 Å². The van der Waals surface area contributed by atoms with Gasteiger partial charge in [-0.3, -0.25) is 9.89 Å². The van der Waals surface area contributed by atoms with Crippen molar-refractivity contribution in [2.24, 2.45) is 0 Å². The standard InChI is InChI=1S/C17H17ClN4O/c1-2-19-9-11-3-5-13(6-4-11)21-17(23)14-7-12(18)8-16-15(14)10-20-22-16/h3-8,10,19H,2,9H2,1H3,(H,20,22)(H,21,23). The molecule has 0 aliphatic heterocycles. The number of halogens is 1. The average molecular weight is 329 g/mol. The summed E-state index contributed by atoms with van der Waals surface area (Å²) in [7, 11) is 0. The number of aromatic amines is 1. The number of benzene rings is 2. The SMILES string of the molecule is CCNCc1ccc(NC(=O)c2cc(Cl)cc3[nH]ncc23)cc1. The zero-order valence-corrected chi connectivity index (χ0v) is 13.4. The highest BCUT2D eigenvalue weighted by atomic mass is 35.5. The van der Waals surface area contributed by atoms with E-state index in [1.165, 1.54) is 5.56 Å². The van der Waals surface area contributed by atoms with Gasteiger partial charge in [0.05, 0.1) is 17.3 Å². The molecule has 1 aromatic heterocycles. The Bertz CT molecular complexity index is 826. The Morgan fingerprint density at radius 3 is 2.78 bits per heavy atom. The lowest BCUT2D eigenvalue weighted by atomic mass is 10.1. The van der Waals surface area contributed by atoms with Crippen molar-refractivity contribution in [3.8, 4) is 0 Å². The van der Waals surface area contributed by atoms with E-state index in [2.05, 4.69) is 27.8 Å². The van der Waals surface area contributed by atoms with Gasteiger partial charge in [0, 0.05) is 22.6 Å². The summed E-state index contributed by atoms with van der Waals surface area (Å²) in [6.45, 7) is 3.80. The van der Waals surface area contributed by atoms with Crippen molar-refractivity contribution in [1.29, 1.82) is 0 Å². The Morgan fingerprint density at radius 1 is 1.26 bits per heavy atom. The Morgan fingerprint density at radius 2 is 2.04 bits per heavy atom. The highest BCUT2D eigenvalue weighted by Gasteiger charge is 2.13. The number of nitrogens with zero attached hydrogens (tertiary/aromatic N) is 1. The fourth-order valence-corrected chi connectivity index (χ4v) is 2.60. The first-order valence-corrected chi connectivity index (χ1v) is 7.79. The average Bonchev–Trinajstić information content (AvgIpc) is 3.01. The monoisotopic (exact) mass is 328 g/mol. The van der Waals surface area contributed by atoms with E-state index in [0.29, 0.717) is 10.6 Å². The highest BCUT2D eigenvalue weighted by Crippen LogP contribution is 2.23. The fraction of sp³-hybridized carbons (Fsp3) is 0.176. The maximum absolute atomic E-state index is 12.5. The number of amides is 1. The molecule has 5 nitrogen and oxygen atoms in total. The van der Waals surface area contributed by atoms with E-state index in [4.69, 9.17) is 11.6 Å². The van der Waals surface area contributed by atoms with Crippen molar-refractivity contribution in [2.75, 3.05) is 11.9 Å². The van der Waals surface area contributed by atoms with Crippen molar-refractivity contribution in [3.63, 3.8) is 0 Å². The molecule has 0 saturated carbocycles. The van der Waals surface area contributed by atoms with Gasteiger partial charge in [0.2, 0.25) is 0 Å². The van der Waals surface area contributed by atoms with Crippen LogP contribution in [0.15, 0.2) is 42.6 Å². The zero-order valence-electron chi connectivity index (χ0n) is 12.7. The minimum Gasteiger partial charge on any atom is -0.322 e. The molecular weight excluding hydrogens is 312 g/mol. The van der Waals surface area contributed by atoms with Gasteiger partial charge in [-0.05, 0) is 36.4 Å². The number of aromatic nitrogens is 2. The number of rotatable bonds is 5. The number of H-pyrrole nitrogens is 1. The Balaban J connectivity index is 1.79. The molecular formula is C17H17ClN4O. The molecule has 0 fully saturated rings. The van der Waals surface area contributed by atoms with Crippen LogP contribution in [-0.2, 0) is 6.54 Å². The second-order valence-corrected chi connectivity index (χ2v) is 5.65.